The van der Waals surface area contributed by atoms with E-state index in [-0.39, 0.29) is 12.5 Å². The van der Waals surface area contributed by atoms with Crippen molar-refractivity contribution < 1.29 is 9.53 Å². The van der Waals surface area contributed by atoms with E-state index in [1.54, 1.807) is 11.6 Å². The molecule has 0 aliphatic rings. The van der Waals surface area contributed by atoms with Crippen LogP contribution in [0, 0.1) is 13.8 Å². The van der Waals surface area contributed by atoms with Gasteiger partial charge in [0.15, 0.2) is 11.7 Å². The predicted molar refractivity (Wildman–Crippen MR) is 77.2 cm³/mol. The van der Waals surface area contributed by atoms with E-state index >= 15 is 0 Å². The van der Waals surface area contributed by atoms with Crippen LogP contribution in [-0.4, -0.2) is 17.5 Å². The molecule has 0 fully saturated rings. The van der Waals surface area contributed by atoms with Crippen LogP contribution in [-0.2, 0) is 4.79 Å². The van der Waals surface area contributed by atoms with E-state index in [2.05, 4.69) is 10.3 Å². The van der Waals surface area contributed by atoms with Crippen molar-refractivity contribution in [3.8, 4) is 5.75 Å². The monoisotopic (exact) mass is 296 g/mol. The molecule has 0 aliphatic carbocycles. The summed E-state index contributed by atoms with van der Waals surface area (Å²) in [7, 11) is 0. The molecule has 2 rings (SSSR count). The fourth-order valence-corrected chi connectivity index (χ4v) is 2.58. The van der Waals surface area contributed by atoms with Gasteiger partial charge in [0.25, 0.3) is 5.91 Å². The molecule has 0 spiro atoms. The summed E-state index contributed by atoms with van der Waals surface area (Å²) >= 11 is 7.30. The molecule has 0 saturated carbocycles. The second-order valence-electron chi connectivity index (χ2n) is 4.04. The van der Waals surface area contributed by atoms with Gasteiger partial charge < -0.3 is 4.74 Å². The summed E-state index contributed by atoms with van der Waals surface area (Å²) in [5, 5.41) is 5.68. The lowest BCUT2D eigenvalue weighted by molar-refractivity contribution is -0.118. The Morgan fingerprint density at radius 1 is 1.42 bits per heavy atom. The van der Waals surface area contributed by atoms with Gasteiger partial charge in [-0.15, -0.1) is 11.3 Å². The second kappa shape index (κ2) is 6.04. The highest BCUT2D eigenvalue weighted by molar-refractivity contribution is 7.13. The number of benzene rings is 1. The minimum absolute atomic E-state index is 0.0527. The van der Waals surface area contributed by atoms with E-state index in [1.807, 2.05) is 26.0 Å². The molecule has 1 amide bonds. The zero-order chi connectivity index (χ0) is 13.8. The van der Waals surface area contributed by atoms with E-state index in [1.165, 1.54) is 11.3 Å². The van der Waals surface area contributed by atoms with Crippen LogP contribution in [0.25, 0.3) is 0 Å². The number of aromatic nitrogens is 1. The van der Waals surface area contributed by atoms with E-state index in [9.17, 15) is 4.79 Å². The minimum Gasteiger partial charge on any atom is -0.483 e. The molecule has 4 nitrogen and oxygen atoms in total. The molecule has 0 bridgehead atoms. The molecule has 1 aromatic heterocycles. The molecule has 19 heavy (non-hydrogen) atoms. The van der Waals surface area contributed by atoms with Crippen LogP contribution in [0.2, 0.25) is 5.02 Å². The Morgan fingerprint density at radius 3 is 2.68 bits per heavy atom. The third-order valence-corrected chi connectivity index (χ3v) is 3.36. The molecule has 1 heterocycles. The maximum absolute atomic E-state index is 11.7. The molecule has 2 aromatic rings. The maximum Gasteiger partial charge on any atom is 0.264 e. The average molecular weight is 297 g/mol. The fourth-order valence-electron chi connectivity index (χ4n) is 1.70. The quantitative estimate of drug-likeness (QED) is 0.940. The van der Waals surface area contributed by atoms with Gasteiger partial charge in [0.05, 0.1) is 0 Å². The van der Waals surface area contributed by atoms with Gasteiger partial charge in [0.1, 0.15) is 5.75 Å². The molecule has 0 saturated heterocycles. The van der Waals surface area contributed by atoms with E-state index in [0.29, 0.717) is 15.9 Å². The van der Waals surface area contributed by atoms with Crippen molar-refractivity contribution in [3.05, 3.63) is 39.9 Å². The maximum atomic E-state index is 11.7. The molecule has 0 aliphatic heterocycles. The minimum atomic E-state index is -0.233. The molecule has 100 valence electrons. The largest absolute Gasteiger partial charge is 0.483 e. The standard InChI is InChI=1S/C13H13ClN2O2S/c1-8-5-10(14)6-9(2)12(8)18-7-11(17)16-13-15-3-4-19-13/h3-6H,7H2,1-2H3,(H,15,16,17). The van der Waals surface area contributed by atoms with Crippen LogP contribution in [0.15, 0.2) is 23.7 Å². The number of carbonyl (C=O) groups excluding carboxylic acids is 1. The Kier molecular flexibility index (Phi) is 4.39. The highest BCUT2D eigenvalue weighted by atomic mass is 35.5. The Morgan fingerprint density at radius 2 is 2.11 bits per heavy atom. The van der Waals surface area contributed by atoms with Crippen molar-refractivity contribution in [1.82, 2.24) is 4.98 Å². The summed E-state index contributed by atoms with van der Waals surface area (Å²) in [6.45, 7) is 3.74. The van der Waals surface area contributed by atoms with Crippen LogP contribution in [0.4, 0.5) is 5.13 Å². The normalized spacial score (nSPS) is 10.3. The zero-order valence-electron chi connectivity index (χ0n) is 10.6. The number of nitrogens with one attached hydrogen (secondary N) is 1. The first-order chi connectivity index (χ1) is 9.06. The Balaban J connectivity index is 1.97. The van der Waals surface area contributed by atoms with Crippen LogP contribution in [0.3, 0.4) is 0 Å². The SMILES string of the molecule is Cc1cc(Cl)cc(C)c1OCC(=O)Nc1nccs1. The number of nitrogens with zero attached hydrogens (tertiary/aromatic N) is 1. The summed E-state index contributed by atoms with van der Waals surface area (Å²) in [5.74, 6) is 0.461. The van der Waals surface area contributed by atoms with Crippen molar-refractivity contribution in [2.45, 2.75) is 13.8 Å². The summed E-state index contributed by atoms with van der Waals surface area (Å²) in [4.78, 5) is 15.6. The van der Waals surface area contributed by atoms with Crippen LogP contribution in [0.5, 0.6) is 5.75 Å². The zero-order valence-corrected chi connectivity index (χ0v) is 12.1. The number of thiazole rings is 1. The van der Waals surface area contributed by atoms with Crippen molar-refractivity contribution >= 4 is 34.0 Å². The number of anilines is 1. The lowest BCUT2D eigenvalue weighted by atomic mass is 10.1. The van der Waals surface area contributed by atoms with Gasteiger partial charge in [-0.3, -0.25) is 10.1 Å². The van der Waals surface area contributed by atoms with E-state index in [4.69, 9.17) is 16.3 Å². The molecule has 1 aromatic carbocycles. The smallest absolute Gasteiger partial charge is 0.264 e. The third kappa shape index (κ3) is 3.68. The number of aryl methyl sites for hydroxylation is 2. The molecule has 0 radical (unpaired) electrons. The van der Waals surface area contributed by atoms with E-state index in [0.717, 1.165) is 11.1 Å². The molecule has 0 atom stereocenters. The number of halogens is 1. The summed E-state index contributed by atoms with van der Waals surface area (Å²) < 4.78 is 5.54. The summed E-state index contributed by atoms with van der Waals surface area (Å²) in [6.07, 6.45) is 1.63. The number of hydrogen-bond donors (Lipinski definition) is 1. The first kappa shape index (κ1) is 13.8. The number of rotatable bonds is 4. The lowest BCUT2D eigenvalue weighted by Gasteiger charge is -2.12. The highest BCUT2D eigenvalue weighted by Crippen LogP contribution is 2.27. The number of hydrogen-bond acceptors (Lipinski definition) is 4. The van der Waals surface area contributed by atoms with Crippen LogP contribution < -0.4 is 10.1 Å². The Bertz CT molecular complexity index is 561. The molecular weight excluding hydrogens is 284 g/mol. The average Bonchev–Trinajstić information content (AvgIpc) is 2.80. The van der Waals surface area contributed by atoms with Gasteiger partial charge in [0.2, 0.25) is 0 Å². The van der Waals surface area contributed by atoms with Gasteiger partial charge in [-0.2, -0.15) is 0 Å². The summed E-state index contributed by atoms with van der Waals surface area (Å²) in [6, 6.07) is 3.62. The van der Waals surface area contributed by atoms with Gasteiger partial charge in [-0.05, 0) is 37.1 Å². The lowest BCUT2D eigenvalue weighted by Crippen LogP contribution is -2.20. The number of amides is 1. The topological polar surface area (TPSA) is 51.2 Å². The van der Waals surface area contributed by atoms with Gasteiger partial charge in [-0.25, -0.2) is 4.98 Å². The van der Waals surface area contributed by atoms with Crippen LogP contribution >= 0.6 is 22.9 Å². The second-order valence-corrected chi connectivity index (χ2v) is 5.37. The first-order valence-electron chi connectivity index (χ1n) is 5.65. The van der Waals surface area contributed by atoms with E-state index < -0.39 is 0 Å². The van der Waals surface area contributed by atoms with Gasteiger partial charge in [-0.1, -0.05) is 11.6 Å². The molecule has 6 heteroatoms. The van der Waals surface area contributed by atoms with Crippen molar-refractivity contribution in [2.24, 2.45) is 0 Å². The molecular formula is C13H13ClN2O2S. The Hall–Kier alpha value is -1.59. The molecule has 1 N–H and O–H groups in total. The molecule has 0 unspecified atom stereocenters. The Labute approximate surface area is 120 Å². The first-order valence-corrected chi connectivity index (χ1v) is 6.91. The predicted octanol–water partition coefficient (Wildman–Crippen LogP) is 3.43. The van der Waals surface area contributed by atoms with Crippen molar-refractivity contribution in [1.29, 1.82) is 0 Å². The third-order valence-electron chi connectivity index (χ3n) is 2.45. The van der Waals surface area contributed by atoms with Crippen molar-refractivity contribution in [3.63, 3.8) is 0 Å². The van der Waals surface area contributed by atoms with Crippen LogP contribution in [0.1, 0.15) is 11.1 Å². The van der Waals surface area contributed by atoms with Gasteiger partial charge >= 0.3 is 0 Å². The van der Waals surface area contributed by atoms with Crippen molar-refractivity contribution in [2.75, 3.05) is 11.9 Å². The number of ether oxygens (including phenoxy) is 1. The summed E-state index contributed by atoms with van der Waals surface area (Å²) in [5.41, 5.74) is 1.82. The van der Waals surface area contributed by atoms with Gasteiger partial charge in [0, 0.05) is 16.6 Å². The number of carbonyl (C=O) groups is 1. The fraction of sp³-hybridized carbons (Fsp3) is 0.231. The highest BCUT2D eigenvalue weighted by Gasteiger charge is 2.09.